The van der Waals surface area contributed by atoms with Gasteiger partial charge in [0.05, 0.1) is 0 Å². The zero-order chi connectivity index (χ0) is 19.1. The Morgan fingerprint density at radius 3 is 2.44 bits per heavy atom. The maximum atomic E-state index is 12.8. The number of aromatic nitrogens is 2. The summed E-state index contributed by atoms with van der Waals surface area (Å²) in [5, 5.41) is 6.30. The van der Waals surface area contributed by atoms with E-state index in [0.717, 1.165) is 18.5 Å². The van der Waals surface area contributed by atoms with Crippen LogP contribution in [0, 0.1) is 0 Å². The van der Waals surface area contributed by atoms with Gasteiger partial charge in [0.15, 0.2) is 0 Å². The van der Waals surface area contributed by atoms with Crippen LogP contribution in [0.1, 0.15) is 48.9 Å². The van der Waals surface area contributed by atoms with Crippen LogP contribution < -0.4 is 10.6 Å². The molecular formula is C21H29N5O. The van der Waals surface area contributed by atoms with Gasteiger partial charge in [-0.25, -0.2) is 9.97 Å². The highest BCUT2D eigenvalue weighted by Gasteiger charge is 2.33. The second-order valence-corrected chi connectivity index (χ2v) is 7.49. The lowest BCUT2D eigenvalue weighted by molar-refractivity contribution is 0.0869. The van der Waals surface area contributed by atoms with Crippen molar-refractivity contribution < 1.29 is 4.79 Å². The molecule has 1 aliphatic rings. The molecule has 0 unspecified atom stereocenters. The maximum Gasteiger partial charge on any atom is 0.251 e. The van der Waals surface area contributed by atoms with Crippen LogP contribution in [0.25, 0.3) is 0 Å². The standard InChI is InChI=1S/C21H29N5O/c1-26(2)21(11-5-3-4-6-12-21)16-24-19(27)17-9-7-10-18(15-17)25-20-22-13-8-14-23-20/h7-10,13-15H,3-6,11-12,16H2,1-2H3,(H,24,27)(H,22,23,25). The Bertz CT molecular complexity index is 739. The SMILES string of the molecule is CN(C)C1(CNC(=O)c2cccc(Nc3ncccn3)c2)CCCCCC1. The van der Waals surface area contributed by atoms with E-state index < -0.39 is 0 Å². The first kappa shape index (κ1) is 19.3. The Kier molecular flexibility index (Phi) is 6.40. The molecule has 1 aromatic heterocycles. The number of likely N-dealkylation sites (N-methyl/N-ethyl adjacent to an activating group) is 1. The van der Waals surface area contributed by atoms with E-state index >= 15 is 0 Å². The molecule has 144 valence electrons. The van der Waals surface area contributed by atoms with Crippen molar-refractivity contribution >= 4 is 17.5 Å². The number of anilines is 2. The van der Waals surface area contributed by atoms with Gasteiger partial charge in [-0.1, -0.05) is 31.7 Å². The molecule has 2 aromatic rings. The van der Waals surface area contributed by atoms with Crippen LogP contribution >= 0.6 is 0 Å². The van der Waals surface area contributed by atoms with Crippen LogP contribution in [-0.4, -0.2) is 47.0 Å². The number of nitrogens with one attached hydrogen (secondary N) is 2. The van der Waals surface area contributed by atoms with Gasteiger partial charge in [0.25, 0.3) is 5.91 Å². The van der Waals surface area contributed by atoms with Crippen LogP contribution in [0.15, 0.2) is 42.7 Å². The third-order valence-electron chi connectivity index (χ3n) is 5.51. The molecule has 1 saturated carbocycles. The molecule has 0 aliphatic heterocycles. The fraction of sp³-hybridized carbons (Fsp3) is 0.476. The zero-order valence-corrected chi connectivity index (χ0v) is 16.2. The Morgan fingerprint density at radius 2 is 1.78 bits per heavy atom. The Balaban J connectivity index is 1.66. The molecule has 0 spiro atoms. The topological polar surface area (TPSA) is 70.2 Å². The first-order chi connectivity index (χ1) is 13.1. The molecule has 1 heterocycles. The number of carbonyl (C=O) groups is 1. The Labute approximate surface area is 161 Å². The van der Waals surface area contributed by atoms with Gasteiger partial charge in [0, 0.05) is 35.7 Å². The highest BCUT2D eigenvalue weighted by molar-refractivity contribution is 5.95. The van der Waals surface area contributed by atoms with Gasteiger partial charge in [-0.15, -0.1) is 0 Å². The van der Waals surface area contributed by atoms with Crippen molar-refractivity contribution in [1.29, 1.82) is 0 Å². The van der Waals surface area contributed by atoms with E-state index in [2.05, 4.69) is 39.6 Å². The Hall–Kier alpha value is -2.47. The first-order valence-corrected chi connectivity index (χ1v) is 9.69. The van der Waals surface area contributed by atoms with E-state index in [1.54, 1.807) is 18.5 Å². The van der Waals surface area contributed by atoms with Crippen LogP contribution in [0.5, 0.6) is 0 Å². The number of hydrogen-bond acceptors (Lipinski definition) is 5. The highest BCUT2D eigenvalue weighted by atomic mass is 16.1. The summed E-state index contributed by atoms with van der Waals surface area (Å²) < 4.78 is 0. The molecular weight excluding hydrogens is 338 g/mol. The van der Waals surface area contributed by atoms with E-state index in [4.69, 9.17) is 0 Å². The maximum absolute atomic E-state index is 12.8. The van der Waals surface area contributed by atoms with Gasteiger partial charge < -0.3 is 15.5 Å². The lowest BCUT2D eigenvalue weighted by Gasteiger charge is -2.39. The third-order valence-corrected chi connectivity index (χ3v) is 5.51. The molecule has 0 radical (unpaired) electrons. The van der Waals surface area contributed by atoms with E-state index in [9.17, 15) is 4.79 Å². The number of hydrogen-bond donors (Lipinski definition) is 2. The number of carbonyl (C=O) groups excluding carboxylic acids is 1. The van der Waals surface area contributed by atoms with Crippen molar-refractivity contribution in [2.75, 3.05) is 26.0 Å². The fourth-order valence-corrected chi connectivity index (χ4v) is 3.75. The van der Waals surface area contributed by atoms with Gasteiger partial charge in [-0.2, -0.15) is 0 Å². The summed E-state index contributed by atoms with van der Waals surface area (Å²) in [6.07, 6.45) is 10.7. The molecule has 0 bridgehead atoms. The van der Waals surface area contributed by atoms with Crippen molar-refractivity contribution in [2.24, 2.45) is 0 Å². The lowest BCUT2D eigenvalue weighted by atomic mass is 9.88. The molecule has 0 atom stereocenters. The van der Waals surface area contributed by atoms with Crippen molar-refractivity contribution in [3.63, 3.8) is 0 Å². The van der Waals surface area contributed by atoms with Gasteiger partial charge in [-0.3, -0.25) is 4.79 Å². The number of benzene rings is 1. The van der Waals surface area contributed by atoms with Gasteiger partial charge in [0.1, 0.15) is 0 Å². The van der Waals surface area contributed by atoms with Gasteiger partial charge in [0.2, 0.25) is 5.95 Å². The van der Waals surface area contributed by atoms with Gasteiger partial charge >= 0.3 is 0 Å². The molecule has 1 amide bonds. The number of amides is 1. The summed E-state index contributed by atoms with van der Waals surface area (Å²) in [5.41, 5.74) is 1.49. The minimum Gasteiger partial charge on any atom is -0.350 e. The smallest absolute Gasteiger partial charge is 0.251 e. The number of nitrogens with zero attached hydrogens (tertiary/aromatic N) is 3. The highest BCUT2D eigenvalue weighted by Crippen LogP contribution is 2.30. The van der Waals surface area contributed by atoms with Crippen LogP contribution in [0.3, 0.4) is 0 Å². The minimum absolute atomic E-state index is 0.0434. The summed E-state index contributed by atoms with van der Waals surface area (Å²) in [5.74, 6) is 0.471. The van der Waals surface area contributed by atoms with E-state index in [0.29, 0.717) is 18.1 Å². The second-order valence-electron chi connectivity index (χ2n) is 7.49. The van der Waals surface area contributed by atoms with Crippen molar-refractivity contribution in [3.05, 3.63) is 48.3 Å². The second kappa shape index (κ2) is 8.95. The monoisotopic (exact) mass is 367 g/mol. The average Bonchev–Trinajstić information content (AvgIpc) is 2.94. The summed E-state index contributed by atoms with van der Waals surface area (Å²) in [6.45, 7) is 0.679. The molecule has 6 nitrogen and oxygen atoms in total. The predicted octanol–water partition coefficient (Wildman–Crippen LogP) is 3.60. The van der Waals surface area contributed by atoms with Crippen molar-refractivity contribution in [3.8, 4) is 0 Å². The van der Waals surface area contributed by atoms with Crippen LogP contribution in [0.4, 0.5) is 11.6 Å². The fourth-order valence-electron chi connectivity index (χ4n) is 3.75. The first-order valence-electron chi connectivity index (χ1n) is 9.69. The van der Waals surface area contributed by atoms with E-state index in [-0.39, 0.29) is 11.4 Å². The molecule has 2 N–H and O–H groups in total. The zero-order valence-electron chi connectivity index (χ0n) is 16.2. The lowest BCUT2D eigenvalue weighted by Crippen LogP contribution is -2.52. The molecule has 1 fully saturated rings. The quantitative estimate of drug-likeness (QED) is 0.764. The molecule has 6 heteroatoms. The molecule has 0 saturated heterocycles. The van der Waals surface area contributed by atoms with E-state index in [1.165, 1.54) is 25.7 Å². The van der Waals surface area contributed by atoms with Crippen LogP contribution in [0.2, 0.25) is 0 Å². The van der Waals surface area contributed by atoms with Crippen molar-refractivity contribution in [2.45, 2.75) is 44.1 Å². The largest absolute Gasteiger partial charge is 0.350 e. The summed E-state index contributed by atoms with van der Waals surface area (Å²) in [7, 11) is 4.25. The minimum atomic E-state index is -0.0434. The molecule has 1 aromatic carbocycles. The molecule has 27 heavy (non-hydrogen) atoms. The molecule has 3 rings (SSSR count). The van der Waals surface area contributed by atoms with Crippen LogP contribution in [-0.2, 0) is 0 Å². The summed E-state index contributed by atoms with van der Waals surface area (Å²) in [6, 6.07) is 9.21. The van der Waals surface area contributed by atoms with Crippen molar-refractivity contribution in [1.82, 2.24) is 20.2 Å². The normalized spacial score (nSPS) is 16.6. The van der Waals surface area contributed by atoms with Gasteiger partial charge in [-0.05, 0) is 51.2 Å². The third kappa shape index (κ3) is 5.04. The summed E-state index contributed by atoms with van der Waals surface area (Å²) >= 11 is 0. The Morgan fingerprint density at radius 1 is 1.07 bits per heavy atom. The number of rotatable bonds is 6. The average molecular weight is 367 g/mol. The van der Waals surface area contributed by atoms with E-state index in [1.807, 2.05) is 24.3 Å². The predicted molar refractivity (Wildman–Crippen MR) is 108 cm³/mol. The summed E-state index contributed by atoms with van der Waals surface area (Å²) in [4.78, 5) is 23.4. The molecule has 1 aliphatic carbocycles.